The van der Waals surface area contributed by atoms with Crippen molar-refractivity contribution in [1.29, 1.82) is 0 Å². The van der Waals surface area contributed by atoms with E-state index >= 15 is 0 Å². The standard InChI is InChI=1S/C7H15N.C7H14O.C6H13N.2C6H12O/c2*1-6(2)7(8)4-3-5-7;1-5(2)6(7)3-4-6;1-5(2)6-3-4-7-6;1-5(2)6(7)3-4-6/h6H,3-5,8H2,1-2H3;6,8H,3-5H2,1-2H3;5H,3-4,7H2,1-2H3;5-6H,3-4H2,1-2H3;5,7H,3-4H2,1-2H3. The molecule has 5 heteroatoms. The van der Waals surface area contributed by atoms with E-state index in [0.29, 0.717) is 29.8 Å². The Morgan fingerprint density at radius 2 is 0.919 bits per heavy atom. The highest BCUT2D eigenvalue weighted by Crippen LogP contribution is 2.41. The van der Waals surface area contributed by atoms with Crippen LogP contribution in [0.25, 0.3) is 0 Å². The van der Waals surface area contributed by atoms with Crippen LogP contribution in [-0.2, 0) is 4.74 Å². The van der Waals surface area contributed by atoms with Crippen LogP contribution in [0.15, 0.2) is 0 Å². The molecular formula is C32H66N2O3. The first-order chi connectivity index (χ1) is 16.9. The third-order valence-corrected chi connectivity index (χ3v) is 10.0. The molecule has 1 unspecified atom stereocenters. The lowest BCUT2D eigenvalue weighted by Gasteiger charge is -2.41. The molecule has 4 aliphatic carbocycles. The minimum absolute atomic E-state index is 0.222. The van der Waals surface area contributed by atoms with Gasteiger partial charge in [-0.1, -0.05) is 69.2 Å². The van der Waals surface area contributed by atoms with Crippen molar-refractivity contribution < 1.29 is 14.9 Å². The van der Waals surface area contributed by atoms with Crippen molar-refractivity contribution >= 4 is 0 Å². The van der Waals surface area contributed by atoms with Gasteiger partial charge in [-0.3, -0.25) is 0 Å². The van der Waals surface area contributed by atoms with Crippen LogP contribution in [0.1, 0.15) is 140 Å². The first kappa shape index (κ1) is 34.8. The molecular weight excluding hydrogens is 460 g/mol. The minimum Gasteiger partial charge on any atom is -0.390 e. The minimum atomic E-state index is -0.278. The SMILES string of the molecule is CC(C)C1(N)CC1.CC(C)C1(N)CCC1.CC(C)C1(O)CC1.CC(C)C1(O)CCC1.CC(C)C1CCO1. The third kappa shape index (κ3) is 11.4. The Hall–Kier alpha value is -0.200. The molecule has 0 bridgehead atoms. The van der Waals surface area contributed by atoms with Crippen LogP contribution in [-0.4, -0.2) is 45.2 Å². The average molecular weight is 527 g/mol. The number of hydrogen-bond acceptors (Lipinski definition) is 5. The summed E-state index contributed by atoms with van der Waals surface area (Å²) in [7, 11) is 0. The Balaban J connectivity index is 0.000000232. The number of nitrogens with two attached hydrogens (primary N) is 2. The molecule has 1 heterocycles. The van der Waals surface area contributed by atoms with Crippen LogP contribution in [0, 0.1) is 29.6 Å². The van der Waals surface area contributed by atoms with Crippen molar-refractivity contribution in [2.45, 2.75) is 168 Å². The third-order valence-electron chi connectivity index (χ3n) is 10.0. The van der Waals surface area contributed by atoms with Crippen LogP contribution in [0.3, 0.4) is 0 Å². The predicted octanol–water partition coefficient (Wildman–Crippen LogP) is 6.81. The van der Waals surface area contributed by atoms with Gasteiger partial charge in [0.1, 0.15) is 0 Å². The van der Waals surface area contributed by atoms with E-state index in [0.717, 1.165) is 38.2 Å². The Morgan fingerprint density at radius 3 is 0.919 bits per heavy atom. The first-order valence-electron chi connectivity index (χ1n) is 15.5. The van der Waals surface area contributed by atoms with Gasteiger partial charge in [0.05, 0.1) is 17.3 Å². The number of rotatable bonds is 5. The molecule has 0 spiro atoms. The van der Waals surface area contributed by atoms with E-state index < -0.39 is 0 Å². The summed E-state index contributed by atoms with van der Waals surface area (Å²) in [5.41, 5.74) is 11.7. The van der Waals surface area contributed by atoms with Gasteiger partial charge in [-0.2, -0.15) is 0 Å². The summed E-state index contributed by atoms with van der Waals surface area (Å²) >= 11 is 0. The highest BCUT2D eigenvalue weighted by atomic mass is 16.5. The molecule has 0 aromatic rings. The molecule has 5 nitrogen and oxygen atoms in total. The van der Waals surface area contributed by atoms with Crippen LogP contribution in [0.5, 0.6) is 0 Å². The molecule has 6 N–H and O–H groups in total. The van der Waals surface area contributed by atoms with E-state index in [1.165, 1.54) is 44.9 Å². The molecule has 4 saturated carbocycles. The molecule has 0 aromatic heterocycles. The van der Waals surface area contributed by atoms with Gasteiger partial charge in [0.25, 0.3) is 0 Å². The fraction of sp³-hybridized carbons (Fsp3) is 1.00. The Kier molecular flexibility index (Phi) is 13.6. The zero-order valence-electron chi connectivity index (χ0n) is 26.4. The van der Waals surface area contributed by atoms with E-state index in [-0.39, 0.29) is 22.3 Å². The topological polar surface area (TPSA) is 102 Å². The molecule has 5 rings (SSSR count). The molecule has 0 radical (unpaired) electrons. The van der Waals surface area contributed by atoms with Gasteiger partial charge in [-0.25, -0.2) is 0 Å². The molecule has 0 aromatic carbocycles. The molecule has 1 aliphatic heterocycles. The van der Waals surface area contributed by atoms with Crippen LogP contribution in [0.2, 0.25) is 0 Å². The van der Waals surface area contributed by atoms with Crippen molar-refractivity contribution in [2.75, 3.05) is 6.61 Å². The van der Waals surface area contributed by atoms with Crippen molar-refractivity contribution in [3.63, 3.8) is 0 Å². The van der Waals surface area contributed by atoms with Gasteiger partial charge < -0.3 is 26.4 Å². The zero-order valence-corrected chi connectivity index (χ0v) is 26.4. The van der Waals surface area contributed by atoms with Crippen LogP contribution < -0.4 is 11.5 Å². The first-order valence-corrected chi connectivity index (χ1v) is 15.5. The van der Waals surface area contributed by atoms with E-state index in [9.17, 15) is 10.2 Å². The summed E-state index contributed by atoms with van der Waals surface area (Å²) in [5.74, 6) is 3.02. The average Bonchev–Trinajstić information content (AvgIpc) is 3.63. The van der Waals surface area contributed by atoms with E-state index in [1.54, 1.807) is 0 Å². The Labute approximate surface area is 230 Å². The monoisotopic (exact) mass is 527 g/mol. The highest BCUT2D eigenvalue weighted by Gasteiger charge is 2.43. The van der Waals surface area contributed by atoms with Gasteiger partial charge in [0, 0.05) is 17.7 Å². The van der Waals surface area contributed by atoms with Gasteiger partial charge in [0.2, 0.25) is 0 Å². The quantitative estimate of drug-likeness (QED) is 0.315. The summed E-state index contributed by atoms with van der Waals surface area (Å²) < 4.78 is 5.19. The lowest BCUT2D eigenvalue weighted by molar-refractivity contribution is -0.0763. The van der Waals surface area contributed by atoms with Crippen molar-refractivity contribution in [3.8, 4) is 0 Å². The van der Waals surface area contributed by atoms with Gasteiger partial charge >= 0.3 is 0 Å². The highest BCUT2D eigenvalue weighted by molar-refractivity contribution is 5.00. The Bertz CT molecular complexity index is 578. The van der Waals surface area contributed by atoms with Crippen molar-refractivity contribution in [1.82, 2.24) is 0 Å². The number of hydrogen-bond donors (Lipinski definition) is 4. The van der Waals surface area contributed by atoms with Crippen LogP contribution >= 0.6 is 0 Å². The molecule has 37 heavy (non-hydrogen) atoms. The van der Waals surface area contributed by atoms with Crippen LogP contribution in [0.4, 0.5) is 0 Å². The number of ether oxygens (including phenoxy) is 1. The fourth-order valence-electron chi connectivity index (χ4n) is 4.49. The Morgan fingerprint density at radius 1 is 0.568 bits per heavy atom. The van der Waals surface area contributed by atoms with E-state index in [2.05, 4.69) is 69.2 Å². The van der Waals surface area contributed by atoms with Crippen molar-refractivity contribution in [3.05, 3.63) is 0 Å². The molecule has 1 atom stereocenters. The molecule has 5 fully saturated rings. The second-order valence-electron chi connectivity index (χ2n) is 14.4. The summed E-state index contributed by atoms with van der Waals surface area (Å²) in [6.07, 6.45) is 13.5. The molecule has 0 amide bonds. The molecule has 5 aliphatic rings. The summed E-state index contributed by atoms with van der Waals surface area (Å²) in [4.78, 5) is 0. The maximum absolute atomic E-state index is 9.49. The van der Waals surface area contributed by atoms with Gasteiger partial charge in [0.15, 0.2) is 0 Å². The van der Waals surface area contributed by atoms with E-state index in [1.807, 2.05) is 0 Å². The second-order valence-corrected chi connectivity index (χ2v) is 14.4. The lowest BCUT2D eigenvalue weighted by atomic mass is 9.70. The molecule has 222 valence electrons. The van der Waals surface area contributed by atoms with Crippen molar-refractivity contribution in [2.24, 2.45) is 41.1 Å². The zero-order chi connectivity index (χ0) is 28.7. The maximum Gasteiger partial charge on any atom is 0.0672 e. The lowest BCUT2D eigenvalue weighted by Crippen LogP contribution is -2.50. The maximum atomic E-state index is 9.49. The fourth-order valence-corrected chi connectivity index (χ4v) is 4.49. The second kappa shape index (κ2) is 14.4. The predicted molar refractivity (Wildman–Crippen MR) is 158 cm³/mol. The summed E-state index contributed by atoms with van der Waals surface area (Å²) in [6.45, 7) is 22.5. The summed E-state index contributed by atoms with van der Waals surface area (Å²) in [6, 6.07) is 0. The van der Waals surface area contributed by atoms with Gasteiger partial charge in [-0.05, 0) is 100 Å². The summed E-state index contributed by atoms with van der Waals surface area (Å²) in [5, 5.41) is 18.7. The van der Waals surface area contributed by atoms with Gasteiger partial charge in [-0.15, -0.1) is 0 Å². The van der Waals surface area contributed by atoms with E-state index in [4.69, 9.17) is 16.2 Å². The molecule has 1 saturated heterocycles. The largest absolute Gasteiger partial charge is 0.390 e. The number of aliphatic hydroxyl groups is 2. The smallest absolute Gasteiger partial charge is 0.0672 e. The normalized spacial score (nSPS) is 26.5.